The average molecular weight is 375 g/mol. The largest absolute Gasteiger partial charge is 0.322 e. The molecule has 0 aliphatic heterocycles. The minimum absolute atomic E-state index is 0.0322. The van der Waals surface area contributed by atoms with Gasteiger partial charge in [-0.25, -0.2) is 8.78 Å². The van der Waals surface area contributed by atoms with Gasteiger partial charge in [0.2, 0.25) is 0 Å². The highest BCUT2D eigenvalue weighted by molar-refractivity contribution is 8.01. The second-order valence-corrected chi connectivity index (χ2v) is 7.99. The van der Waals surface area contributed by atoms with Gasteiger partial charge in [0.1, 0.15) is 17.4 Å². The van der Waals surface area contributed by atoms with Crippen molar-refractivity contribution in [1.82, 2.24) is 0 Å². The number of rotatable bonds is 5. The minimum Gasteiger partial charge on any atom is -0.322 e. The number of benzene rings is 2. The van der Waals surface area contributed by atoms with Gasteiger partial charge in [-0.05, 0) is 75.1 Å². The fourth-order valence-electron chi connectivity index (χ4n) is 2.88. The molecule has 1 saturated carbocycles. The third-order valence-corrected chi connectivity index (χ3v) is 6.34. The Morgan fingerprint density at radius 2 is 1.77 bits per heavy atom. The Labute approximate surface area is 155 Å². The maximum Gasteiger partial charge on any atom is 0.255 e. The summed E-state index contributed by atoms with van der Waals surface area (Å²) >= 11 is 1.20. The number of hydrogen-bond donors (Lipinski definition) is 1. The fraction of sp³-hybridized carbons (Fsp3) is 0.300. The lowest BCUT2D eigenvalue weighted by molar-refractivity contribution is -0.121. The van der Waals surface area contributed by atoms with Gasteiger partial charge in [0.25, 0.3) is 5.91 Å². The van der Waals surface area contributed by atoms with Gasteiger partial charge in [0.05, 0.1) is 4.75 Å². The van der Waals surface area contributed by atoms with Crippen molar-refractivity contribution in [3.63, 3.8) is 0 Å². The minimum atomic E-state index is -0.579. The van der Waals surface area contributed by atoms with E-state index in [1.807, 2.05) is 0 Å². The highest BCUT2D eigenvalue weighted by Crippen LogP contribution is 2.49. The molecule has 0 bridgehead atoms. The van der Waals surface area contributed by atoms with E-state index in [0.29, 0.717) is 16.1 Å². The molecule has 1 amide bonds. The number of carbonyl (C=O) groups excluding carboxylic acids is 2. The summed E-state index contributed by atoms with van der Waals surface area (Å²) in [6.07, 6.45) is 2.38. The van der Waals surface area contributed by atoms with Gasteiger partial charge in [-0.15, -0.1) is 11.8 Å². The summed E-state index contributed by atoms with van der Waals surface area (Å²) in [5, 5.41) is 2.68. The first-order valence-electron chi connectivity index (χ1n) is 8.38. The molecule has 0 aromatic heterocycles. The molecule has 3 nitrogen and oxygen atoms in total. The average Bonchev–Trinajstić information content (AvgIpc) is 2.55. The van der Waals surface area contributed by atoms with E-state index in [2.05, 4.69) is 5.32 Å². The van der Waals surface area contributed by atoms with Crippen LogP contribution in [0.3, 0.4) is 0 Å². The molecule has 3 rings (SSSR count). The smallest absolute Gasteiger partial charge is 0.255 e. The third kappa shape index (κ3) is 3.65. The highest BCUT2D eigenvalue weighted by Gasteiger charge is 2.43. The van der Waals surface area contributed by atoms with Crippen molar-refractivity contribution in [2.75, 3.05) is 5.32 Å². The first kappa shape index (κ1) is 18.6. The molecule has 6 heteroatoms. The maximum atomic E-state index is 14.2. The van der Waals surface area contributed by atoms with Crippen LogP contribution < -0.4 is 5.32 Å². The lowest BCUT2D eigenvalue weighted by atomic mass is 9.81. The van der Waals surface area contributed by atoms with E-state index in [9.17, 15) is 18.4 Å². The fourth-order valence-corrected chi connectivity index (χ4v) is 4.29. The molecule has 0 heterocycles. The van der Waals surface area contributed by atoms with E-state index >= 15 is 0 Å². The molecule has 136 valence electrons. The van der Waals surface area contributed by atoms with Crippen molar-refractivity contribution >= 4 is 29.1 Å². The summed E-state index contributed by atoms with van der Waals surface area (Å²) in [5.74, 6) is -1.18. The standard InChI is InChI=1S/C20H19F2NO2S/c1-12-10-15(5-7-16(12)21)23-19(25)14-4-6-17(22)18(11-14)26-20(13(2)24)8-3-9-20/h4-7,10-11H,3,8-9H2,1-2H3,(H,23,25). The normalized spacial score (nSPS) is 15.2. The monoisotopic (exact) mass is 375 g/mol. The van der Waals surface area contributed by atoms with E-state index in [1.165, 1.54) is 55.1 Å². The number of halogens is 2. The Morgan fingerprint density at radius 3 is 2.35 bits per heavy atom. The van der Waals surface area contributed by atoms with E-state index < -0.39 is 16.5 Å². The van der Waals surface area contributed by atoms with E-state index in [1.54, 1.807) is 6.92 Å². The van der Waals surface area contributed by atoms with Crippen molar-refractivity contribution < 1.29 is 18.4 Å². The van der Waals surface area contributed by atoms with Crippen LogP contribution in [0.4, 0.5) is 14.5 Å². The van der Waals surface area contributed by atoms with Crippen LogP contribution in [0, 0.1) is 18.6 Å². The van der Waals surface area contributed by atoms with Gasteiger partial charge < -0.3 is 5.32 Å². The molecule has 0 radical (unpaired) electrons. The van der Waals surface area contributed by atoms with Crippen LogP contribution in [0.25, 0.3) is 0 Å². The zero-order chi connectivity index (χ0) is 18.9. The number of Topliss-reactive ketones (excluding diaryl/α,β-unsaturated/α-hetero) is 1. The molecule has 2 aromatic carbocycles. The number of hydrogen-bond acceptors (Lipinski definition) is 3. The van der Waals surface area contributed by atoms with Gasteiger partial charge >= 0.3 is 0 Å². The maximum absolute atomic E-state index is 14.2. The van der Waals surface area contributed by atoms with Gasteiger partial charge in [-0.2, -0.15) is 0 Å². The molecule has 1 aliphatic carbocycles. The second kappa shape index (κ2) is 7.19. The van der Waals surface area contributed by atoms with Gasteiger partial charge in [0, 0.05) is 16.1 Å². The van der Waals surface area contributed by atoms with E-state index in [0.717, 1.165) is 19.3 Å². The predicted molar refractivity (Wildman–Crippen MR) is 98.6 cm³/mol. The summed E-state index contributed by atoms with van der Waals surface area (Å²) in [5.41, 5.74) is 1.17. The molecule has 1 fully saturated rings. The molecule has 0 atom stereocenters. The molecule has 1 aliphatic rings. The predicted octanol–water partition coefficient (Wildman–Crippen LogP) is 5.13. The Bertz CT molecular complexity index is 878. The Balaban J connectivity index is 1.81. The van der Waals surface area contributed by atoms with Crippen molar-refractivity contribution in [2.24, 2.45) is 0 Å². The number of amides is 1. The third-order valence-electron chi connectivity index (χ3n) is 4.72. The molecule has 2 aromatic rings. The zero-order valence-electron chi connectivity index (χ0n) is 14.6. The zero-order valence-corrected chi connectivity index (χ0v) is 15.4. The summed E-state index contributed by atoms with van der Waals surface area (Å²) in [7, 11) is 0. The molecule has 0 spiro atoms. The van der Waals surface area contributed by atoms with E-state index in [-0.39, 0.29) is 17.2 Å². The van der Waals surface area contributed by atoms with Crippen LogP contribution in [-0.2, 0) is 4.79 Å². The lowest BCUT2D eigenvalue weighted by Crippen LogP contribution is -2.40. The van der Waals surface area contributed by atoms with Crippen molar-refractivity contribution in [3.8, 4) is 0 Å². The molecule has 0 unspecified atom stereocenters. The first-order chi connectivity index (χ1) is 12.3. The lowest BCUT2D eigenvalue weighted by Gasteiger charge is -2.38. The molecular formula is C20H19F2NO2S. The first-order valence-corrected chi connectivity index (χ1v) is 9.19. The molecule has 1 N–H and O–H groups in total. The van der Waals surface area contributed by atoms with Crippen LogP contribution >= 0.6 is 11.8 Å². The van der Waals surface area contributed by atoms with Crippen LogP contribution in [0.15, 0.2) is 41.3 Å². The van der Waals surface area contributed by atoms with Crippen LogP contribution in [0.5, 0.6) is 0 Å². The highest BCUT2D eigenvalue weighted by atomic mass is 32.2. The van der Waals surface area contributed by atoms with Crippen LogP contribution in [-0.4, -0.2) is 16.4 Å². The van der Waals surface area contributed by atoms with Crippen molar-refractivity contribution in [3.05, 3.63) is 59.2 Å². The quantitative estimate of drug-likeness (QED) is 0.788. The number of aryl methyl sites for hydroxylation is 1. The molecular weight excluding hydrogens is 356 g/mol. The summed E-state index contributed by atoms with van der Waals surface area (Å²) in [4.78, 5) is 24.7. The van der Waals surface area contributed by atoms with Crippen molar-refractivity contribution in [1.29, 1.82) is 0 Å². The van der Waals surface area contributed by atoms with Crippen LogP contribution in [0.1, 0.15) is 42.1 Å². The molecule has 26 heavy (non-hydrogen) atoms. The number of thioether (sulfide) groups is 1. The van der Waals surface area contributed by atoms with E-state index in [4.69, 9.17) is 0 Å². The van der Waals surface area contributed by atoms with Gasteiger partial charge in [-0.3, -0.25) is 9.59 Å². The number of anilines is 1. The number of carbonyl (C=O) groups is 2. The summed E-state index contributed by atoms with van der Waals surface area (Å²) in [6.45, 7) is 3.13. The second-order valence-electron chi connectivity index (χ2n) is 6.57. The Morgan fingerprint density at radius 1 is 1.08 bits per heavy atom. The SMILES string of the molecule is CC(=O)C1(Sc2cc(C(=O)Nc3ccc(F)c(C)c3)ccc2F)CCC1. The molecule has 0 saturated heterocycles. The van der Waals surface area contributed by atoms with Crippen LogP contribution in [0.2, 0.25) is 0 Å². The number of ketones is 1. The van der Waals surface area contributed by atoms with Gasteiger partial charge in [-0.1, -0.05) is 0 Å². The van der Waals surface area contributed by atoms with Gasteiger partial charge in [0.15, 0.2) is 0 Å². The van der Waals surface area contributed by atoms with Crippen molar-refractivity contribution in [2.45, 2.75) is 42.8 Å². The summed E-state index contributed by atoms with van der Waals surface area (Å²) in [6, 6.07) is 8.38. The summed E-state index contributed by atoms with van der Waals surface area (Å²) < 4.78 is 27.0. The topological polar surface area (TPSA) is 46.2 Å². The Hall–Kier alpha value is -2.21. The number of nitrogens with one attached hydrogen (secondary N) is 1. The Kier molecular flexibility index (Phi) is 5.14.